The van der Waals surface area contributed by atoms with Crippen molar-refractivity contribution in [3.05, 3.63) is 35.9 Å². The van der Waals surface area contributed by atoms with Crippen molar-refractivity contribution < 1.29 is 4.79 Å². The molecule has 1 amide bonds. The number of hydrogen-bond acceptors (Lipinski definition) is 2. The highest BCUT2D eigenvalue weighted by atomic mass is 16.2. The molecule has 0 atom stereocenters. The summed E-state index contributed by atoms with van der Waals surface area (Å²) in [7, 11) is 0. The largest absolute Gasteiger partial charge is 0.343 e. The van der Waals surface area contributed by atoms with Crippen molar-refractivity contribution in [3.63, 3.8) is 0 Å². The van der Waals surface area contributed by atoms with Crippen LogP contribution in [-0.2, 0) is 11.2 Å². The van der Waals surface area contributed by atoms with E-state index < -0.39 is 0 Å². The molecule has 0 aliphatic carbocycles. The van der Waals surface area contributed by atoms with E-state index in [4.69, 9.17) is 0 Å². The Labute approximate surface area is 128 Å². The van der Waals surface area contributed by atoms with E-state index in [0.717, 1.165) is 57.8 Å². The van der Waals surface area contributed by atoms with Crippen LogP contribution in [0.15, 0.2) is 30.3 Å². The fraction of sp³-hybridized carbons (Fsp3) is 0.611. The molecule has 1 aromatic carbocycles. The Morgan fingerprint density at radius 2 is 1.95 bits per heavy atom. The lowest BCUT2D eigenvalue weighted by atomic mass is 9.96. The second-order valence-electron chi connectivity index (χ2n) is 5.97. The van der Waals surface area contributed by atoms with E-state index in [-0.39, 0.29) is 0 Å². The lowest BCUT2D eigenvalue weighted by Gasteiger charge is -2.32. The molecule has 116 valence electrons. The molecule has 0 radical (unpaired) electrons. The second kappa shape index (κ2) is 8.83. The van der Waals surface area contributed by atoms with Crippen LogP contribution in [0.3, 0.4) is 0 Å². The van der Waals surface area contributed by atoms with Crippen molar-refractivity contribution in [2.24, 2.45) is 5.92 Å². The summed E-state index contributed by atoms with van der Waals surface area (Å²) in [6, 6.07) is 10.4. The summed E-state index contributed by atoms with van der Waals surface area (Å²) < 4.78 is 0. The van der Waals surface area contributed by atoms with E-state index in [9.17, 15) is 4.79 Å². The maximum Gasteiger partial charge on any atom is 0.222 e. The number of aryl methyl sites for hydroxylation is 1. The van der Waals surface area contributed by atoms with Crippen molar-refractivity contribution >= 4 is 5.91 Å². The van der Waals surface area contributed by atoms with Crippen LogP contribution in [0.25, 0.3) is 0 Å². The molecule has 3 heteroatoms. The molecule has 1 aliphatic rings. The number of nitrogens with one attached hydrogen (secondary N) is 1. The molecule has 2 rings (SSSR count). The van der Waals surface area contributed by atoms with Crippen molar-refractivity contribution in [3.8, 4) is 0 Å². The van der Waals surface area contributed by atoms with E-state index in [0.29, 0.717) is 12.3 Å². The maximum atomic E-state index is 12.2. The van der Waals surface area contributed by atoms with Crippen LogP contribution in [0.4, 0.5) is 0 Å². The molecular formula is C18H28N2O. The van der Waals surface area contributed by atoms with Gasteiger partial charge in [-0.05, 0) is 50.3 Å². The van der Waals surface area contributed by atoms with Gasteiger partial charge in [-0.25, -0.2) is 0 Å². The average Bonchev–Trinajstić information content (AvgIpc) is 2.54. The first-order chi connectivity index (χ1) is 10.3. The third-order valence-corrected chi connectivity index (χ3v) is 4.35. The summed E-state index contributed by atoms with van der Waals surface area (Å²) in [5.41, 5.74) is 1.33. The first-order valence-electron chi connectivity index (χ1n) is 8.32. The molecule has 0 spiro atoms. The normalized spacial score (nSPS) is 16.1. The van der Waals surface area contributed by atoms with Gasteiger partial charge < -0.3 is 10.2 Å². The predicted molar refractivity (Wildman–Crippen MR) is 87.2 cm³/mol. The molecule has 1 fully saturated rings. The summed E-state index contributed by atoms with van der Waals surface area (Å²) in [6.07, 6.45) is 4.95. The number of benzene rings is 1. The van der Waals surface area contributed by atoms with E-state index in [1.807, 2.05) is 6.07 Å². The molecule has 1 saturated heterocycles. The minimum absolute atomic E-state index is 0.341. The molecular weight excluding hydrogens is 260 g/mol. The van der Waals surface area contributed by atoms with E-state index >= 15 is 0 Å². The molecule has 1 heterocycles. The SMILES string of the molecule is CCNCC1CCN(C(=O)CCCc2ccccc2)CC1. The van der Waals surface area contributed by atoms with Gasteiger partial charge in [0.15, 0.2) is 0 Å². The maximum absolute atomic E-state index is 12.2. The Morgan fingerprint density at radius 1 is 1.24 bits per heavy atom. The fourth-order valence-corrected chi connectivity index (χ4v) is 2.98. The van der Waals surface area contributed by atoms with E-state index in [2.05, 4.69) is 41.4 Å². The van der Waals surface area contributed by atoms with Crippen molar-refractivity contribution in [1.82, 2.24) is 10.2 Å². The first-order valence-corrected chi connectivity index (χ1v) is 8.32. The minimum atomic E-state index is 0.341. The van der Waals surface area contributed by atoms with E-state index in [1.54, 1.807) is 0 Å². The third-order valence-electron chi connectivity index (χ3n) is 4.35. The standard InChI is InChI=1S/C18H28N2O/c1-2-19-15-17-11-13-20(14-12-17)18(21)10-6-9-16-7-4-3-5-8-16/h3-5,7-8,17,19H,2,6,9-15H2,1H3. The quantitative estimate of drug-likeness (QED) is 0.837. The number of piperidine rings is 1. The zero-order chi connectivity index (χ0) is 14.9. The van der Waals surface area contributed by atoms with Crippen molar-refractivity contribution in [2.75, 3.05) is 26.2 Å². The Bertz CT molecular complexity index is 410. The topological polar surface area (TPSA) is 32.3 Å². The van der Waals surface area contributed by atoms with Gasteiger partial charge in [-0.2, -0.15) is 0 Å². The zero-order valence-corrected chi connectivity index (χ0v) is 13.2. The molecule has 1 N–H and O–H groups in total. The van der Waals surface area contributed by atoms with Crippen LogP contribution in [0, 0.1) is 5.92 Å². The monoisotopic (exact) mass is 288 g/mol. The second-order valence-corrected chi connectivity index (χ2v) is 5.97. The molecule has 3 nitrogen and oxygen atoms in total. The number of hydrogen-bond donors (Lipinski definition) is 1. The van der Waals surface area contributed by atoms with E-state index in [1.165, 1.54) is 5.56 Å². The Morgan fingerprint density at radius 3 is 2.62 bits per heavy atom. The fourth-order valence-electron chi connectivity index (χ4n) is 2.98. The van der Waals surface area contributed by atoms with Gasteiger partial charge in [0, 0.05) is 19.5 Å². The lowest BCUT2D eigenvalue weighted by molar-refractivity contribution is -0.132. The van der Waals surface area contributed by atoms with Gasteiger partial charge in [0.25, 0.3) is 0 Å². The molecule has 0 saturated carbocycles. The van der Waals surface area contributed by atoms with Crippen LogP contribution in [-0.4, -0.2) is 37.0 Å². The van der Waals surface area contributed by atoms with Crippen LogP contribution in [0.2, 0.25) is 0 Å². The minimum Gasteiger partial charge on any atom is -0.343 e. The van der Waals surface area contributed by atoms with Gasteiger partial charge in [0.2, 0.25) is 5.91 Å². The first kappa shape index (κ1) is 16.0. The van der Waals surface area contributed by atoms with Gasteiger partial charge in [0.1, 0.15) is 0 Å². The summed E-state index contributed by atoms with van der Waals surface area (Å²) in [6.45, 7) is 6.18. The Hall–Kier alpha value is -1.35. The highest BCUT2D eigenvalue weighted by Gasteiger charge is 2.21. The van der Waals surface area contributed by atoms with Crippen LogP contribution in [0.5, 0.6) is 0 Å². The number of likely N-dealkylation sites (tertiary alicyclic amines) is 1. The number of nitrogens with zero attached hydrogens (tertiary/aromatic N) is 1. The zero-order valence-electron chi connectivity index (χ0n) is 13.2. The van der Waals surface area contributed by atoms with Gasteiger partial charge >= 0.3 is 0 Å². The van der Waals surface area contributed by atoms with Crippen LogP contribution >= 0.6 is 0 Å². The highest BCUT2D eigenvalue weighted by Crippen LogP contribution is 2.17. The lowest BCUT2D eigenvalue weighted by Crippen LogP contribution is -2.40. The third kappa shape index (κ3) is 5.50. The summed E-state index contributed by atoms with van der Waals surface area (Å²) in [5.74, 6) is 1.09. The van der Waals surface area contributed by atoms with Crippen molar-refractivity contribution in [2.45, 2.75) is 39.0 Å². The van der Waals surface area contributed by atoms with Gasteiger partial charge in [-0.3, -0.25) is 4.79 Å². The number of carbonyl (C=O) groups is 1. The number of carbonyl (C=O) groups excluding carboxylic acids is 1. The van der Waals surface area contributed by atoms with Crippen LogP contribution < -0.4 is 5.32 Å². The Balaban J connectivity index is 1.63. The van der Waals surface area contributed by atoms with Gasteiger partial charge in [0.05, 0.1) is 0 Å². The molecule has 1 aliphatic heterocycles. The predicted octanol–water partition coefficient (Wildman–Crippen LogP) is 2.86. The summed E-state index contributed by atoms with van der Waals surface area (Å²) in [4.78, 5) is 14.3. The van der Waals surface area contributed by atoms with Gasteiger partial charge in [-0.1, -0.05) is 37.3 Å². The van der Waals surface area contributed by atoms with Gasteiger partial charge in [-0.15, -0.1) is 0 Å². The number of rotatable bonds is 7. The molecule has 0 bridgehead atoms. The molecule has 0 unspecified atom stereocenters. The molecule has 21 heavy (non-hydrogen) atoms. The average molecular weight is 288 g/mol. The Kier molecular flexibility index (Phi) is 6.74. The molecule has 1 aromatic rings. The number of amides is 1. The highest BCUT2D eigenvalue weighted by molar-refractivity contribution is 5.76. The summed E-state index contributed by atoms with van der Waals surface area (Å²) >= 11 is 0. The van der Waals surface area contributed by atoms with Crippen molar-refractivity contribution in [1.29, 1.82) is 0 Å². The molecule has 0 aromatic heterocycles. The smallest absolute Gasteiger partial charge is 0.222 e. The van der Waals surface area contributed by atoms with Crippen LogP contribution in [0.1, 0.15) is 38.2 Å². The summed E-state index contributed by atoms with van der Waals surface area (Å²) in [5, 5.41) is 3.41.